The summed E-state index contributed by atoms with van der Waals surface area (Å²) in [6.07, 6.45) is 0. The lowest BCUT2D eigenvalue weighted by atomic mass is 9.96. The summed E-state index contributed by atoms with van der Waals surface area (Å²) in [5, 5.41) is 9.01. The number of hydrogen-bond donors (Lipinski definition) is 1. The van der Waals surface area contributed by atoms with Crippen LogP contribution in [0.5, 0.6) is 0 Å². The number of aromatic carboxylic acids is 1. The number of Topliss-reactive ketones (excluding diaryl/α,β-unsaturated/α-hetero) is 1. The predicted octanol–water partition coefficient (Wildman–Crippen LogP) is 5.63. The number of carbonyl (C=O) groups is 3. The molecule has 0 aromatic heterocycles. The molecule has 1 N–H and O–H groups in total. The van der Waals surface area contributed by atoms with Crippen LogP contribution >= 0.6 is 0 Å². The summed E-state index contributed by atoms with van der Waals surface area (Å²) in [5.41, 5.74) is 1.96. The zero-order valence-electron chi connectivity index (χ0n) is 20.0. The highest BCUT2D eigenvalue weighted by atomic mass is 16.7. The molecule has 0 aliphatic carbocycles. The van der Waals surface area contributed by atoms with Crippen LogP contribution in [0.1, 0.15) is 42.2 Å². The van der Waals surface area contributed by atoms with E-state index in [1.807, 2.05) is 48.5 Å². The summed E-state index contributed by atoms with van der Waals surface area (Å²) >= 11 is 0. The predicted molar refractivity (Wildman–Crippen MR) is 136 cm³/mol. The number of carbonyl (C=O) groups excluding carboxylic acids is 2. The normalized spacial score (nSPS) is 10.6. The maximum absolute atomic E-state index is 12.7. The van der Waals surface area contributed by atoms with Gasteiger partial charge in [0, 0.05) is 36.5 Å². The standard InChI is InChI=1S/C16H16O3.C14H10O3/c1-18-16(19-2,14-11-7-4-8-12-14)15(17)13-9-5-3-6-10-13;15-13(10-6-2-1-3-7-10)11-8-4-5-9-12(11)14(16)17/h3-12H,1-2H3;1-9H,(H,16,17). The van der Waals surface area contributed by atoms with Crippen molar-refractivity contribution in [2.45, 2.75) is 5.79 Å². The third-order valence-electron chi connectivity index (χ3n) is 5.50. The Hall–Kier alpha value is -4.39. The van der Waals surface area contributed by atoms with Gasteiger partial charge in [0.25, 0.3) is 5.79 Å². The molecule has 0 bridgehead atoms. The molecule has 0 heterocycles. The molecule has 0 fully saturated rings. The van der Waals surface area contributed by atoms with Crippen molar-refractivity contribution in [3.63, 3.8) is 0 Å². The molecule has 6 heteroatoms. The van der Waals surface area contributed by atoms with E-state index in [-0.39, 0.29) is 22.7 Å². The molecular weight excluding hydrogens is 456 g/mol. The number of rotatable bonds is 8. The first kappa shape index (κ1) is 26.2. The van der Waals surface area contributed by atoms with E-state index in [1.54, 1.807) is 54.6 Å². The van der Waals surface area contributed by atoms with E-state index in [1.165, 1.54) is 26.4 Å². The second-order valence-electron chi connectivity index (χ2n) is 7.63. The van der Waals surface area contributed by atoms with E-state index in [2.05, 4.69) is 0 Å². The maximum atomic E-state index is 12.7. The number of methoxy groups -OCH3 is 2. The van der Waals surface area contributed by atoms with Gasteiger partial charge in [-0.2, -0.15) is 0 Å². The molecule has 0 spiro atoms. The lowest BCUT2D eigenvalue weighted by Crippen LogP contribution is -2.39. The molecule has 4 aromatic rings. The molecule has 0 unspecified atom stereocenters. The van der Waals surface area contributed by atoms with Gasteiger partial charge in [-0.25, -0.2) is 4.79 Å². The summed E-state index contributed by atoms with van der Waals surface area (Å²) in [7, 11) is 2.94. The fraction of sp³-hybridized carbons (Fsp3) is 0.100. The van der Waals surface area contributed by atoms with Crippen molar-refractivity contribution in [2.75, 3.05) is 14.2 Å². The fourth-order valence-electron chi connectivity index (χ4n) is 3.69. The van der Waals surface area contributed by atoms with Crippen LogP contribution in [0.15, 0.2) is 115 Å². The van der Waals surface area contributed by atoms with Gasteiger partial charge >= 0.3 is 5.97 Å². The zero-order chi connectivity index (χ0) is 26.0. The molecule has 4 aromatic carbocycles. The van der Waals surface area contributed by atoms with Crippen molar-refractivity contribution in [3.8, 4) is 0 Å². The van der Waals surface area contributed by atoms with Gasteiger partial charge in [0.05, 0.1) is 5.56 Å². The Morgan fingerprint density at radius 3 is 1.47 bits per heavy atom. The summed E-state index contributed by atoms with van der Waals surface area (Å²) in [5.74, 6) is -2.99. The summed E-state index contributed by atoms with van der Waals surface area (Å²) in [4.78, 5) is 35.8. The topological polar surface area (TPSA) is 89.9 Å². The lowest BCUT2D eigenvalue weighted by Gasteiger charge is -2.29. The molecular formula is C30H26O6. The fourth-order valence-corrected chi connectivity index (χ4v) is 3.69. The van der Waals surface area contributed by atoms with Gasteiger partial charge in [-0.05, 0) is 6.07 Å². The van der Waals surface area contributed by atoms with Crippen molar-refractivity contribution < 1.29 is 29.0 Å². The Morgan fingerprint density at radius 1 is 0.583 bits per heavy atom. The van der Waals surface area contributed by atoms with Crippen LogP contribution in [0.2, 0.25) is 0 Å². The van der Waals surface area contributed by atoms with E-state index in [4.69, 9.17) is 14.6 Å². The van der Waals surface area contributed by atoms with Gasteiger partial charge in [0.1, 0.15) is 0 Å². The smallest absolute Gasteiger partial charge is 0.336 e. The van der Waals surface area contributed by atoms with Crippen LogP contribution in [0.25, 0.3) is 0 Å². The van der Waals surface area contributed by atoms with E-state index in [0.717, 1.165) is 0 Å². The molecule has 0 aliphatic rings. The number of carboxylic acids is 1. The second-order valence-corrected chi connectivity index (χ2v) is 7.63. The zero-order valence-corrected chi connectivity index (χ0v) is 20.0. The Morgan fingerprint density at radius 2 is 1.00 bits per heavy atom. The summed E-state index contributed by atoms with van der Waals surface area (Å²) in [6, 6.07) is 33.0. The van der Waals surface area contributed by atoms with Crippen molar-refractivity contribution in [3.05, 3.63) is 143 Å². The van der Waals surface area contributed by atoms with Crippen LogP contribution in [0.3, 0.4) is 0 Å². The van der Waals surface area contributed by atoms with E-state index in [9.17, 15) is 14.4 Å². The molecule has 0 saturated heterocycles. The highest BCUT2D eigenvalue weighted by Crippen LogP contribution is 2.30. The van der Waals surface area contributed by atoms with Gasteiger partial charge in [0.15, 0.2) is 5.78 Å². The molecule has 36 heavy (non-hydrogen) atoms. The number of hydrogen-bond acceptors (Lipinski definition) is 5. The minimum Gasteiger partial charge on any atom is -0.478 e. The molecule has 0 aliphatic heterocycles. The molecule has 6 nitrogen and oxygen atoms in total. The minimum atomic E-state index is -1.40. The average molecular weight is 483 g/mol. The van der Waals surface area contributed by atoms with Crippen LogP contribution in [-0.4, -0.2) is 36.9 Å². The van der Waals surface area contributed by atoms with E-state index < -0.39 is 11.8 Å². The molecule has 4 rings (SSSR count). The van der Waals surface area contributed by atoms with Gasteiger partial charge < -0.3 is 14.6 Å². The highest BCUT2D eigenvalue weighted by molar-refractivity contribution is 6.14. The Balaban J connectivity index is 0.000000202. The van der Waals surface area contributed by atoms with Gasteiger partial charge in [0.2, 0.25) is 5.78 Å². The first-order chi connectivity index (χ1) is 17.4. The Bertz CT molecular complexity index is 1300. The number of carboxylic acid groups (broad SMARTS) is 1. The Kier molecular flexibility index (Phi) is 9.00. The quantitative estimate of drug-likeness (QED) is 0.259. The van der Waals surface area contributed by atoms with Crippen molar-refractivity contribution in [1.29, 1.82) is 0 Å². The third kappa shape index (κ3) is 5.81. The van der Waals surface area contributed by atoms with Gasteiger partial charge in [-0.3, -0.25) is 9.59 Å². The van der Waals surface area contributed by atoms with Crippen molar-refractivity contribution in [2.24, 2.45) is 0 Å². The molecule has 0 amide bonds. The molecule has 182 valence electrons. The van der Waals surface area contributed by atoms with Gasteiger partial charge in [-0.1, -0.05) is 109 Å². The monoisotopic (exact) mass is 482 g/mol. The maximum Gasteiger partial charge on any atom is 0.336 e. The first-order valence-corrected chi connectivity index (χ1v) is 11.1. The molecule has 0 saturated carbocycles. The van der Waals surface area contributed by atoms with Crippen LogP contribution in [0.4, 0.5) is 0 Å². The van der Waals surface area contributed by atoms with E-state index in [0.29, 0.717) is 16.7 Å². The molecule has 0 radical (unpaired) electrons. The number of benzene rings is 4. The van der Waals surface area contributed by atoms with Crippen molar-refractivity contribution in [1.82, 2.24) is 0 Å². The highest BCUT2D eigenvalue weighted by Gasteiger charge is 2.41. The number of ether oxygens (including phenoxy) is 2. The molecule has 0 atom stereocenters. The van der Waals surface area contributed by atoms with Crippen LogP contribution in [0, 0.1) is 0 Å². The van der Waals surface area contributed by atoms with Crippen molar-refractivity contribution >= 4 is 17.5 Å². The summed E-state index contributed by atoms with van der Waals surface area (Å²) in [6.45, 7) is 0. The van der Waals surface area contributed by atoms with E-state index >= 15 is 0 Å². The largest absolute Gasteiger partial charge is 0.478 e. The first-order valence-electron chi connectivity index (χ1n) is 11.1. The number of ketones is 2. The van der Waals surface area contributed by atoms with Crippen LogP contribution in [-0.2, 0) is 15.3 Å². The second kappa shape index (κ2) is 12.4. The third-order valence-corrected chi connectivity index (χ3v) is 5.50. The SMILES string of the molecule is COC(OC)(C(=O)c1ccccc1)c1ccccc1.O=C(O)c1ccccc1C(=O)c1ccccc1. The summed E-state index contributed by atoms with van der Waals surface area (Å²) < 4.78 is 10.8. The van der Waals surface area contributed by atoms with Gasteiger partial charge in [-0.15, -0.1) is 0 Å². The Labute approximate surface area is 209 Å². The average Bonchev–Trinajstić information content (AvgIpc) is 2.95. The van der Waals surface area contributed by atoms with Crippen LogP contribution < -0.4 is 0 Å². The lowest BCUT2D eigenvalue weighted by molar-refractivity contribution is -0.176. The minimum absolute atomic E-state index is 0.0290.